The molecule has 0 spiro atoms. The number of thiophene rings is 1. The highest BCUT2D eigenvalue weighted by Crippen LogP contribution is 2.28. The molecule has 0 aliphatic carbocycles. The topological polar surface area (TPSA) is 62.3 Å². The minimum atomic E-state index is -0.642. The van der Waals surface area contributed by atoms with Crippen LogP contribution in [0.3, 0.4) is 0 Å². The van der Waals surface area contributed by atoms with E-state index >= 15 is 0 Å². The summed E-state index contributed by atoms with van der Waals surface area (Å²) < 4.78 is 12.9. The second-order valence-corrected chi connectivity index (χ2v) is 5.56. The lowest BCUT2D eigenvalue weighted by Crippen LogP contribution is -2.51. The number of hydrogen-bond donors (Lipinski definition) is 1. The number of carbonyl (C=O) groups excluding carboxylic acids is 2. The zero-order chi connectivity index (χ0) is 14.8. The average molecular weight is 305 g/mol. The van der Waals surface area contributed by atoms with Crippen LogP contribution < -0.4 is 5.32 Å². The fourth-order valence-electron chi connectivity index (χ4n) is 2.28. The molecule has 0 radical (unpaired) electrons. The van der Waals surface area contributed by atoms with E-state index in [2.05, 4.69) is 10.3 Å². The lowest BCUT2D eigenvalue weighted by atomic mass is 10.1. The Morgan fingerprint density at radius 3 is 2.95 bits per heavy atom. The van der Waals surface area contributed by atoms with E-state index in [4.69, 9.17) is 0 Å². The van der Waals surface area contributed by atoms with Crippen molar-refractivity contribution in [3.8, 4) is 0 Å². The number of hydrogen-bond acceptors (Lipinski definition) is 4. The molecule has 5 nitrogen and oxygen atoms in total. The molecule has 0 saturated carbocycles. The molecule has 1 N–H and O–H groups in total. The minimum absolute atomic E-state index is 0.202. The fourth-order valence-corrected chi connectivity index (χ4v) is 3.12. The first kappa shape index (κ1) is 13.7. The van der Waals surface area contributed by atoms with Crippen LogP contribution in [0.1, 0.15) is 21.3 Å². The smallest absolute Gasteiger partial charge is 0.256 e. The fraction of sp³-hybridized carbons (Fsp3) is 0.214. The van der Waals surface area contributed by atoms with Gasteiger partial charge in [-0.1, -0.05) is 6.07 Å². The van der Waals surface area contributed by atoms with Gasteiger partial charge in [0.15, 0.2) is 0 Å². The van der Waals surface area contributed by atoms with E-state index in [0.717, 1.165) is 10.9 Å². The minimum Gasteiger partial charge on any atom is -0.352 e. The van der Waals surface area contributed by atoms with Gasteiger partial charge in [-0.3, -0.25) is 9.59 Å². The van der Waals surface area contributed by atoms with Gasteiger partial charge in [-0.05, 0) is 23.6 Å². The van der Waals surface area contributed by atoms with E-state index in [1.54, 1.807) is 0 Å². The molecule has 21 heavy (non-hydrogen) atoms. The van der Waals surface area contributed by atoms with E-state index in [1.165, 1.54) is 28.5 Å². The molecule has 1 aliphatic rings. The van der Waals surface area contributed by atoms with Crippen LogP contribution in [-0.2, 0) is 4.79 Å². The van der Waals surface area contributed by atoms with Crippen molar-refractivity contribution in [2.75, 3.05) is 13.1 Å². The third-order valence-corrected chi connectivity index (χ3v) is 4.18. The highest BCUT2D eigenvalue weighted by atomic mass is 32.1. The highest BCUT2D eigenvalue weighted by molar-refractivity contribution is 7.10. The van der Waals surface area contributed by atoms with Crippen LogP contribution in [0, 0.1) is 5.95 Å². The number of piperazine rings is 1. The molecular weight excluding hydrogens is 293 g/mol. The Kier molecular flexibility index (Phi) is 3.66. The zero-order valence-electron chi connectivity index (χ0n) is 11.0. The monoisotopic (exact) mass is 305 g/mol. The van der Waals surface area contributed by atoms with Crippen molar-refractivity contribution in [1.82, 2.24) is 15.2 Å². The summed E-state index contributed by atoms with van der Waals surface area (Å²) in [5, 5.41) is 4.62. The molecule has 2 aromatic rings. The quantitative estimate of drug-likeness (QED) is 0.857. The standard InChI is InChI=1S/C14H12FN3O2S/c15-11-4-3-9(8-17-11)14(20)18-6-5-16-13(19)12(18)10-2-1-7-21-10/h1-4,7-8,12H,5-6H2,(H,16,19)/t12-/m0/s1. The molecule has 1 saturated heterocycles. The molecule has 2 amide bonds. The number of amides is 2. The summed E-state index contributed by atoms with van der Waals surface area (Å²) in [5.74, 6) is -1.17. The maximum atomic E-state index is 12.9. The SMILES string of the molecule is O=C1NCCN(C(=O)c2ccc(F)nc2)[C@H]1c1cccs1. The Labute approximate surface area is 124 Å². The van der Waals surface area contributed by atoms with Gasteiger partial charge in [0.25, 0.3) is 5.91 Å². The first-order valence-corrected chi connectivity index (χ1v) is 7.28. The lowest BCUT2D eigenvalue weighted by Gasteiger charge is -2.34. The predicted molar refractivity (Wildman–Crippen MR) is 75.3 cm³/mol. The molecular formula is C14H12FN3O2S. The highest BCUT2D eigenvalue weighted by Gasteiger charge is 2.35. The van der Waals surface area contributed by atoms with Gasteiger partial charge < -0.3 is 10.2 Å². The molecule has 1 fully saturated rings. The molecule has 3 rings (SSSR count). The third kappa shape index (κ3) is 2.64. The lowest BCUT2D eigenvalue weighted by molar-refractivity contribution is -0.127. The van der Waals surface area contributed by atoms with Crippen molar-refractivity contribution < 1.29 is 14.0 Å². The predicted octanol–water partition coefficient (Wildman–Crippen LogP) is 1.60. The summed E-state index contributed by atoms with van der Waals surface area (Å²) in [6.07, 6.45) is 1.19. The van der Waals surface area contributed by atoms with Gasteiger partial charge in [0.05, 0.1) is 5.56 Å². The first-order valence-electron chi connectivity index (χ1n) is 6.40. The van der Waals surface area contributed by atoms with Crippen molar-refractivity contribution in [3.05, 3.63) is 52.2 Å². The molecule has 0 bridgehead atoms. The number of halogens is 1. The largest absolute Gasteiger partial charge is 0.352 e. The summed E-state index contributed by atoms with van der Waals surface area (Å²) in [4.78, 5) is 30.5. The van der Waals surface area contributed by atoms with E-state index < -0.39 is 12.0 Å². The number of rotatable bonds is 2. The Morgan fingerprint density at radius 2 is 2.29 bits per heavy atom. The molecule has 7 heteroatoms. The van der Waals surface area contributed by atoms with E-state index in [9.17, 15) is 14.0 Å². The van der Waals surface area contributed by atoms with E-state index in [0.29, 0.717) is 13.1 Å². The molecule has 1 atom stereocenters. The van der Waals surface area contributed by atoms with Crippen LogP contribution in [0.4, 0.5) is 4.39 Å². The van der Waals surface area contributed by atoms with Crippen molar-refractivity contribution in [2.24, 2.45) is 0 Å². The van der Waals surface area contributed by atoms with Crippen molar-refractivity contribution in [2.45, 2.75) is 6.04 Å². The van der Waals surface area contributed by atoms with E-state index in [1.807, 2.05) is 17.5 Å². The summed E-state index contributed by atoms with van der Waals surface area (Å²) in [6, 6.07) is 5.53. The van der Waals surface area contributed by atoms with Gasteiger partial charge in [-0.15, -0.1) is 11.3 Å². The normalized spacial score (nSPS) is 18.4. The maximum absolute atomic E-state index is 12.9. The van der Waals surface area contributed by atoms with Gasteiger partial charge in [-0.2, -0.15) is 4.39 Å². The number of pyridine rings is 1. The third-order valence-electron chi connectivity index (χ3n) is 3.26. The van der Waals surface area contributed by atoms with Crippen LogP contribution in [0.15, 0.2) is 35.8 Å². The molecule has 0 aromatic carbocycles. The maximum Gasteiger partial charge on any atom is 0.256 e. The van der Waals surface area contributed by atoms with E-state index in [-0.39, 0.29) is 17.4 Å². The van der Waals surface area contributed by atoms with Gasteiger partial charge in [0.2, 0.25) is 11.9 Å². The molecule has 1 aliphatic heterocycles. The van der Waals surface area contributed by atoms with Gasteiger partial charge >= 0.3 is 0 Å². The molecule has 3 heterocycles. The summed E-state index contributed by atoms with van der Waals surface area (Å²) in [7, 11) is 0. The van der Waals surface area contributed by atoms with Crippen molar-refractivity contribution in [3.63, 3.8) is 0 Å². The van der Waals surface area contributed by atoms with Crippen molar-refractivity contribution in [1.29, 1.82) is 0 Å². The second kappa shape index (κ2) is 5.61. The van der Waals surface area contributed by atoms with Crippen LogP contribution in [-0.4, -0.2) is 34.8 Å². The molecule has 108 valence electrons. The summed E-state index contributed by atoms with van der Waals surface area (Å²) in [6.45, 7) is 0.811. The summed E-state index contributed by atoms with van der Waals surface area (Å²) in [5.41, 5.74) is 0.271. The van der Waals surface area contributed by atoms with Crippen molar-refractivity contribution >= 4 is 23.2 Å². The van der Waals surface area contributed by atoms with Crippen LogP contribution in [0.2, 0.25) is 0 Å². The summed E-state index contributed by atoms with van der Waals surface area (Å²) >= 11 is 1.42. The first-order chi connectivity index (χ1) is 10.2. The van der Waals surface area contributed by atoms with Gasteiger partial charge in [-0.25, -0.2) is 4.98 Å². The number of carbonyl (C=O) groups is 2. The number of nitrogens with zero attached hydrogens (tertiary/aromatic N) is 2. The zero-order valence-corrected chi connectivity index (χ0v) is 11.8. The van der Waals surface area contributed by atoms with Crippen LogP contribution in [0.5, 0.6) is 0 Å². The van der Waals surface area contributed by atoms with Crippen LogP contribution >= 0.6 is 11.3 Å². The van der Waals surface area contributed by atoms with Gasteiger partial charge in [0.1, 0.15) is 6.04 Å². The Bertz CT molecular complexity index is 657. The number of nitrogens with one attached hydrogen (secondary N) is 1. The Hall–Kier alpha value is -2.28. The van der Waals surface area contributed by atoms with Gasteiger partial charge in [0, 0.05) is 24.2 Å². The Balaban J connectivity index is 1.92. The number of aromatic nitrogens is 1. The molecule has 2 aromatic heterocycles. The molecule has 0 unspecified atom stereocenters. The average Bonchev–Trinajstić information content (AvgIpc) is 3.01. The Morgan fingerprint density at radius 1 is 1.43 bits per heavy atom. The van der Waals surface area contributed by atoms with Crippen LogP contribution in [0.25, 0.3) is 0 Å². The second-order valence-electron chi connectivity index (χ2n) is 4.58.